The number of rotatable bonds is 8. The number of sulfone groups is 1. The lowest BCUT2D eigenvalue weighted by molar-refractivity contribution is -0.124. The van der Waals surface area contributed by atoms with E-state index in [1.54, 1.807) is 23.7 Å². The number of aryl methyl sites for hydroxylation is 1. The molecule has 1 aliphatic rings. The summed E-state index contributed by atoms with van der Waals surface area (Å²) in [6.07, 6.45) is 4.54. The van der Waals surface area contributed by atoms with E-state index in [1.165, 1.54) is 18.2 Å². The second-order valence-corrected chi connectivity index (χ2v) is 9.62. The second kappa shape index (κ2) is 9.71. The second-order valence-electron chi connectivity index (χ2n) is 7.60. The number of hydroxylamine groups is 1. The van der Waals surface area contributed by atoms with Crippen molar-refractivity contribution in [3.63, 3.8) is 0 Å². The first-order chi connectivity index (χ1) is 14.7. The van der Waals surface area contributed by atoms with E-state index in [0.717, 1.165) is 35.8 Å². The number of fused-ring (bicyclic) bond motifs is 1. The van der Waals surface area contributed by atoms with E-state index in [2.05, 4.69) is 5.32 Å². The van der Waals surface area contributed by atoms with Gasteiger partial charge in [-0.3, -0.25) is 10.0 Å². The van der Waals surface area contributed by atoms with E-state index in [0.29, 0.717) is 5.56 Å². The Balaban J connectivity index is 1.72. The number of hydrogen-bond donors (Lipinski definition) is 5. The number of aliphatic hydroxyl groups is 2. The molecule has 1 amide bonds. The standard InChI is InChI=1S/C22H26N2O6S/c1-31(29,30)17-7-4-15(5-8-17)22(27)20(13-25)23-19-10-6-16-12-14(2-9-18(16)19)3-11-21(26)24-28/h2-5,7-9,11-12,19-20,22-23,25,27-28H,6,10,13H2,1H3,(H,24,26)/b11-3+. The molecule has 0 bridgehead atoms. The van der Waals surface area contributed by atoms with Crippen LogP contribution in [0.1, 0.15) is 40.8 Å². The van der Waals surface area contributed by atoms with E-state index in [9.17, 15) is 23.4 Å². The van der Waals surface area contributed by atoms with Gasteiger partial charge in [0.05, 0.1) is 23.6 Å². The zero-order valence-corrected chi connectivity index (χ0v) is 17.8. The van der Waals surface area contributed by atoms with Crippen LogP contribution in [0.5, 0.6) is 0 Å². The van der Waals surface area contributed by atoms with Gasteiger partial charge in [0.25, 0.3) is 5.91 Å². The normalized spacial score (nSPS) is 18.0. The van der Waals surface area contributed by atoms with Gasteiger partial charge in [-0.2, -0.15) is 0 Å². The summed E-state index contributed by atoms with van der Waals surface area (Å²) in [6.45, 7) is -0.294. The molecule has 5 N–H and O–H groups in total. The lowest BCUT2D eigenvalue weighted by Gasteiger charge is -2.27. The molecule has 2 aromatic rings. The summed E-state index contributed by atoms with van der Waals surface area (Å²) in [5.74, 6) is -0.607. The van der Waals surface area contributed by atoms with Crippen LogP contribution in [0.3, 0.4) is 0 Å². The van der Waals surface area contributed by atoms with Crippen molar-refractivity contribution in [1.82, 2.24) is 10.8 Å². The number of carbonyl (C=O) groups is 1. The maximum absolute atomic E-state index is 11.6. The lowest BCUT2D eigenvalue weighted by Crippen LogP contribution is -2.39. The number of nitrogens with one attached hydrogen (secondary N) is 2. The topological polar surface area (TPSA) is 136 Å². The molecule has 0 spiro atoms. The Bertz CT molecular complexity index is 1070. The molecule has 8 nitrogen and oxygen atoms in total. The Kier molecular flexibility index (Phi) is 7.24. The van der Waals surface area contributed by atoms with Crippen molar-refractivity contribution >= 4 is 21.8 Å². The van der Waals surface area contributed by atoms with Gasteiger partial charge in [0.15, 0.2) is 9.84 Å². The number of amides is 1. The molecular formula is C22H26N2O6S. The van der Waals surface area contributed by atoms with Gasteiger partial charge >= 0.3 is 0 Å². The summed E-state index contributed by atoms with van der Waals surface area (Å²) in [7, 11) is -3.32. The fourth-order valence-corrected chi connectivity index (χ4v) is 4.40. The number of carbonyl (C=O) groups excluding carboxylic acids is 1. The zero-order chi connectivity index (χ0) is 22.6. The predicted molar refractivity (Wildman–Crippen MR) is 115 cm³/mol. The average molecular weight is 447 g/mol. The Hall–Kier alpha value is -2.56. The number of hydrogen-bond acceptors (Lipinski definition) is 7. The molecule has 0 fully saturated rings. The molecule has 1 aliphatic carbocycles. The van der Waals surface area contributed by atoms with Crippen LogP contribution in [0.25, 0.3) is 6.08 Å². The van der Waals surface area contributed by atoms with Crippen LogP contribution in [0.2, 0.25) is 0 Å². The maximum atomic E-state index is 11.6. The minimum atomic E-state index is -3.32. The fraction of sp³-hybridized carbons (Fsp3) is 0.318. The van der Waals surface area contributed by atoms with E-state index in [1.807, 2.05) is 18.2 Å². The third-order valence-electron chi connectivity index (χ3n) is 5.43. The van der Waals surface area contributed by atoms with Gasteiger partial charge in [-0.1, -0.05) is 30.3 Å². The summed E-state index contributed by atoms with van der Waals surface area (Å²) >= 11 is 0. The van der Waals surface area contributed by atoms with Crippen molar-refractivity contribution in [2.24, 2.45) is 0 Å². The molecule has 9 heteroatoms. The molecule has 166 valence electrons. The van der Waals surface area contributed by atoms with Crippen molar-refractivity contribution in [3.8, 4) is 0 Å². The Morgan fingerprint density at radius 1 is 1.23 bits per heavy atom. The van der Waals surface area contributed by atoms with Gasteiger partial charge in [-0.25, -0.2) is 13.9 Å². The van der Waals surface area contributed by atoms with E-state index in [4.69, 9.17) is 5.21 Å². The summed E-state index contributed by atoms with van der Waals surface area (Å²) in [4.78, 5) is 11.3. The first-order valence-electron chi connectivity index (χ1n) is 9.83. The smallest absolute Gasteiger partial charge is 0.267 e. The van der Waals surface area contributed by atoms with E-state index >= 15 is 0 Å². The monoisotopic (exact) mass is 446 g/mol. The molecular weight excluding hydrogens is 420 g/mol. The third kappa shape index (κ3) is 5.57. The van der Waals surface area contributed by atoms with Gasteiger partial charge in [-0.15, -0.1) is 0 Å². The molecule has 0 saturated carbocycles. The van der Waals surface area contributed by atoms with Crippen molar-refractivity contribution in [3.05, 3.63) is 70.8 Å². The highest BCUT2D eigenvalue weighted by atomic mass is 32.2. The van der Waals surface area contributed by atoms with Crippen LogP contribution in [0.15, 0.2) is 53.4 Å². The molecule has 0 radical (unpaired) electrons. The predicted octanol–water partition coefficient (Wildman–Crippen LogP) is 1.28. The van der Waals surface area contributed by atoms with Gasteiger partial charge in [0.2, 0.25) is 0 Å². The Morgan fingerprint density at radius 3 is 2.55 bits per heavy atom. The fourth-order valence-electron chi connectivity index (χ4n) is 3.77. The summed E-state index contributed by atoms with van der Waals surface area (Å²) in [5, 5.41) is 32.5. The Labute approximate surface area is 181 Å². The van der Waals surface area contributed by atoms with Crippen LogP contribution >= 0.6 is 0 Å². The highest BCUT2D eigenvalue weighted by Crippen LogP contribution is 2.33. The summed E-state index contributed by atoms with van der Waals surface area (Å²) in [6, 6.07) is 11.1. The molecule has 0 saturated heterocycles. The van der Waals surface area contributed by atoms with Crippen LogP contribution < -0.4 is 10.8 Å². The lowest BCUT2D eigenvalue weighted by atomic mass is 10.00. The van der Waals surface area contributed by atoms with Crippen molar-refractivity contribution in [1.29, 1.82) is 0 Å². The van der Waals surface area contributed by atoms with Crippen molar-refractivity contribution in [2.45, 2.75) is 35.9 Å². The molecule has 3 unspecified atom stereocenters. The first kappa shape index (κ1) is 23.1. The minimum absolute atomic E-state index is 0.0594. The molecule has 0 aromatic heterocycles. The third-order valence-corrected chi connectivity index (χ3v) is 6.55. The zero-order valence-electron chi connectivity index (χ0n) is 17.0. The van der Waals surface area contributed by atoms with Gasteiger partial charge in [0.1, 0.15) is 0 Å². The van der Waals surface area contributed by atoms with E-state index in [-0.39, 0.29) is 17.5 Å². The van der Waals surface area contributed by atoms with Gasteiger partial charge in [-0.05, 0) is 53.3 Å². The van der Waals surface area contributed by atoms with Gasteiger partial charge < -0.3 is 15.5 Å². The average Bonchev–Trinajstić information content (AvgIpc) is 3.16. The minimum Gasteiger partial charge on any atom is -0.395 e. The first-order valence-corrected chi connectivity index (χ1v) is 11.7. The Morgan fingerprint density at radius 2 is 1.94 bits per heavy atom. The summed E-state index contributed by atoms with van der Waals surface area (Å²) < 4.78 is 23.2. The van der Waals surface area contributed by atoms with Crippen LogP contribution in [0.4, 0.5) is 0 Å². The SMILES string of the molecule is CS(=O)(=O)c1ccc(C(O)C(CO)NC2CCc3cc(/C=C/C(=O)NO)ccc32)cc1. The molecule has 3 atom stereocenters. The number of benzene rings is 2. The molecule has 3 rings (SSSR count). The highest BCUT2D eigenvalue weighted by Gasteiger charge is 2.28. The number of aliphatic hydroxyl groups excluding tert-OH is 2. The molecule has 31 heavy (non-hydrogen) atoms. The molecule has 2 aromatic carbocycles. The van der Waals surface area contributed by atoms with Crippen LogP contribution in [-0.2, 0) is 21.1 Å². The quantitative estimate of drug-likeness (QED) is 0.234. The summed E-state index contributed by atoms with van der Waals surface area (Å²) in [5.41, 5.74) is 5.05. The largest absolute Gasteiger partial charge is 0.395 e. The van der Waals surface area contributed by atoms with E-state index < -0.39 is 27.9 Å². The molecule has 0 heterocycles. The van der Waals surface area contributed by atoms with Crippen LogP contribution in [0, 0.1) is 0 Å². The van der Waals surface area contributed by atoms with Crippen molar-refractivity contribution < 1.29 is 28.6 Å². The maximum Gasteiger partial charge on any atom is 0.267 e. The highest BCUT2D eigenvalue weighted by molar-refractivity contribution is 7.90. The van der Waals surface area contributed by atoms with Gasteiger partial charge in [0, 0.05) is 18.4 Å². The van der Waals surface area contributed by atoms with Crippen molar-refractivity contribution in [2.75, 3.05) is 12.9 Å². The molecule has 0 aliphatic heterocycles. The van der Waals surface area contributed by atoms with Crippen LogP contribution in [-0.4, -0.2) is 48.6 Å².